The van der Waals surface area contributed by atoms with E-state index in [-0.39, 0.29) is 93.0 Å². The summed E-state index contributed by atoms with van der Waals surface area (Å²) in [6, 6.07) is 16.4. The molecule has 0 saturated carbocycles. The lowest BCUT2D eigenvalue weighted by Crippen LogP contribution is -2.13. The highest BCUT2D eigenvalue weighted by Crippen LogP contribution is 2.38. The smallest absolute Gasteiger partial charge is 0.463 e. The van der Waals surface area contributed by atoms with Gasteiger partial charge >= 0.3 is 41.8 Å². The van der Waals surface area contributed by atoms with Gasteiger partial charge in [0.1, 0.15) is 17.2 Å². The molecule has 1 aromatic heterocycles. The molecule has 0 aliphatic rings. The Hall–Kier alpha value is -7.50. The van der Waals surface area contributed by atoms with E-state index in [4.69, 9.17) is 65.5 Å². The molecule has 5 rings (SSSR count). The summed E-state index contributed by atoms with van der Waals surface area (Å²) in [6.07, 6.45) is 1.96. The van der Waals surface area contributed by atoms with Crippen molar-refractivity contribution in [3.05, 3.63) is 135 Å². The van der Waals surface area contributed by atoms with Crippen LogP contribution in [0.15, 0.2) is 107 Å². The van der Waals surface area contributed by atoms with E-state index in [1.54, 1.807) is 6.92 Å². The van der Waals surface area contributed by atoms with Crippen molar-refractivity contribution < 1.29 is 71.1 Å². The predicted molar refractivity (Wildman–Crippen MR) is 228 cm³/mol. The lowest BCUT2D eigenvalue weighted by Gasteiger charge is -2.11. The fourth-order valence-corrected chi connectivity index (χ4v) is 5.84. The molecular formula is C45H37Cl2NO16. The van der Waals surface area contributed by atoms with Crippen molar-refractivity contribution in [2.45, 2.75) is 32.6 Å². The molecule has 0 N–H and O–H groups in total. The zero-order chi connectivity index (χ0) is 46.2. The van der Waals surface area contributed by atoms with Crippen LogP contribution in [0.4, 0.5) is 9.59 Å². The highest BCUT2D eigenvalue weighted by atomic mass is 35.5. The number of nitrogens with zero attached hydrogens (tertiary/aromatic N) is 1. The van der Waals surface area contributed by atoms with E-state index >= 15 is 0 Å². The van der Waals surface area contributed by atoms with Gasteiger partial charge in [0, 0.05) is 17.7 Å². The molecule has 17 nitrogen and oxygen atoms in total. The normalized spacial score (nSPS) is 10.5. The molecule has 4 aromatic carbocycles. The maximum absolute atomic E-state index is 13.2. The van der Waals surface area contributed by atoms with Crippen molar-refractivity contribution >= 4 is 70.3 Å². The summed E-state index contributed by atoms with van der Waals surface area (Å²) in [5.41, 5.74) is 0.162. The third kappa shape index (κ3) is 13.8. The van der Waals surface area contributed by atoms with E-state index in [1.165, 1.54) is 72.8 Å². The van der Waals surface area contributed by atoms with Crippen LogP contribution in [0, 0.1) is 6.92 Å². The standard InChI is InChI=1S/C45H37Cl2NO16/c1-4-37(49)56-18-6-8-20-58-44(54)60-30-14-10-27(11-15-30)41(51)62-36-25-32-35(22-26(36)3)48-40(64-43(32)53)29-23-33(46)39(34(47)24-29)63-42(52)28-12-16-31(17-13-28)61-45(55)59-21-9-7-19-57-38(50)5-2/h4-5,10-17,22-25H,1-2,6-9,18-21H2,3H3. The molecule has 19 heteroatoms. The number of halogens is 2. The van der Waals surface area contributed by atoms with Gasteiger partial charge in [0.05, 0.1) is 58.5 Å². The van der Waals surface area contributed by atoms with Gasteiger partial charge in [-0.25, -0.2) is 38.5 Å². The number of fused-ring (bicyclic) bond motifs is 1. The van der Waals surface area contributed by atoms with Crippen molar-refractivity contribution in [3.8, 4) is 34.5 Å². The van der Waals surface area contributed by atoms with E-state index in [9.17, 15) is 33.6 Å². The first-order chi connectivity index (χ1) is 30.7. The van der Waals surface area contributed by atoms with Gasteiger partial charge in [0.25, 0.3) is 0 Å². The lowest BCUT2D eigenvalue weighted by molar-refractivity contribution is -0.138. The summed E-state index contributed by atoms with van der Waals surface area (Å²) < 4.78 is 46.4. The van der Waals surface area contributed by atoms with E-state index in [0.717, 1.165) is 12.2 Å². The number of carbonyl (C=O) groups is 6. The third-order valence-electron chi connectivity index (χ3n) is 8.49. The molecule has 64 heavy (non-hydrogen) atoms. The van der Waals surface area contributed by atoms with Crippen LogP contribution in [-0.2, 0) is 28.5 Å². The monoisotopic (exact) mass is 917 g/mol. The van der Waals surface area contributed by atoms with Gasteiger partial charge in [-0.15, -0.1) is 0 Å². The average Bonchev–Trinajstić information content (AvgIpc) is 3.27. The van der Waals surface area contributed by atoms with Crippen LogP contribution in [0.5, 0.6) is 23.0 Å². The van der Waals surface area contributed by atoms with Crippen LogP contribution in [0.25, 0.3) is 22.4 Å². The minimum absolute atomic E-state index is 0.00561. The minimum atomic E-state index is -0.970. The topological polar surface area (TPSA) is 219 Å². The fraction of sp³-hybridized carbons (Fsp3) is 0.200. The first-order valence-electron chi connectivity index (χ1n) is 19.1. The maximum Gasteiger partial charge on any atom is 0.513 e. The molecule has 0 spiro atoms. The number of hydrogen-bond acceptors (Lipinski definition) is 17. The molecule has 0 radical (unpaired) electrons. The van der Waals surface area contributed by atoms with Crippen molar-refractivity contribution in [2.24, 2.45) is 0 Å². The van der Waals surface area contributed by atoms with E-state index in [0.29, 0.717) is 31.2 Å². The van der Waals surface area contributed by atoms with Crippen molar-refractivity contribution in [3.63, 3.8) is 0 Å². The van der Waals surface area contributed by atoms with Crippen LogP contribution in [0.1, 0.15) is 52.0 Å². The highest BCUT2D eigenvalue weighted by Gasteiger charge is 2.20. The Kier molecular flexibility index (Phi) is 17.2. The van der Waals surface area contributed by atoms with Crippen molar-refractivity contribution in [1.82, 2.24) is 4.98 Å². The Morgan fingerprint density at radius 3 is 1.55 bits per heavy atom. The van der Waals surface area contributed by atoms with Crippen molar-refractivity contribution in [1.29, 1.82) is 0 Å². The molecule has 0 fully saturated rings. The molecule has 0 saturated heterocycles. The van der Waals surface area contributed by atoms with Gasteiger partial charge in [-0.05, 0) is 111 Å². The number of hydrogen-bond donors (Lipinski definition) is 0. The Labute approximate surface area is 374 Å². The number of unbranched alkanes of at least 4 members (excludes halogenated alkanes) is 2. The average molecular weight is 919 g/mol. The van der Waals surface area contributed by atoms with Gasteiger partial charge in [-0.3, -0.25) is 0 Å². The second-order valence-electron chi connectivity index (χ2n) is 13.1. The van der Waals surface area contributed by atoms with Crippen molar-refractivity contribution in [2.75, 3.05) is 26.4 Å². The van der Waals surface area contributed by atoms with Crippen LogP contribution in [-0.4, -0.2) is 67.6 Å². The number of carbonyl (C=O) groups excluding carboxylic acids is 6. The third-order valence-corrected chi connectivity index (χ3v) is 9.05. The molecular weight excluding hydrogens is 881 g/mol. The summed E-state index contributed by atoms with van der Waals surface area (Å²) in [5, 5.41) is -0.233. The minimum Gasteiger partial charge on any atom is -0.463 e. The first kappa shape index (κ1) is 47.5. The molecule has 0 aliphatic heterocycles. The second kappa shape index (κ2) is 23.1. The van der Waals surface area contributed by atoms with E-state index < -0.39 is 41.8 Å². The number of esters is 4. The molecule has 5 aromatic rings. The summed E-state index contributed by atoms with van der Waals surface area (Å²) in [5.74, 6) is -2.80. The Morgan fingerprint density at radius 2 is 1.08 bits per heavy atom. The number of aryl methyl sites for hydroxylation is 1. The van der Waals surface area contributed by atoms with Gasteiger partial charge < -0.3 is 42.3 Å². The number of ether oxygens (including phenoxy) is 8. The van der Waals surface area contributed by atoms with Gasteiger partial charge in [-0.1, -0.05) is 36.4 Å². The Bertz CT molecular complexity index is 2600. The van der Waals surface area contributed by atoms with Crippen LogP contribution < -0.4 is 24.6 Å². The zero-order valence-electron chi connectivity index (χ0n) is 33.9. The van der Waals surface area contributed by atoms with Gasteiger partial charge in [0.15, 0.2) is 5.75 Å². The maximum atomic E-state index is 13.2. The number of aromatic nitrogens is 1. The summed E-state index contributed by atoms with van der Waals surface area (Å²) >= 11 is 12.9. The first-order valence-corrected chi connectivity index (χ1v) is 19.9. The van der Waals surface area contributed by atoms with E-state index in [1.807, 2.05) is 0 Å². The summed E-state index contributed by atoms with van der Waals surface area (Å²) in [7, 11) is 0. The quantitative estimate of drug-likeness (QED) is 0.0188. The van der Waals surface area contributed by atoms with E-state index in [2.05, 4.69) is 18.1 Å². The Morgan fingerprint density at radius 1 is 0.625 bits per heavy atom. The molecule has 0 aliphatic carbocycles. The zero-order valence-corrected chi connectivity index (χ0v) is 35.4. The largest absolute Gasteiger partial charge is 0.513 e. The molecule has 332 valence electrons. The molecule has 0 bridgehead atoms. The predicted octanol–water partition coefficient (Wildman–Crippen LogP) is 8.96. The van der Waals surface area contributed by atoms with Crippen LogP contribution in [0.2, 0.25) is 10.0 Å². The Balaban J connectivity index is 1.15. The molecule has 0 amide bonds. The molecule has 1 heterocycles. The fourth-order valence-electron chi connectivity index (χ4n) is 5.28. The van der Waals surface area contributed by atoms with Crippen LogP contribution in [0.3, 0.4) is 0 Å². The SMILES string of the molecule is C=CC(=O)OCCCCOC(=O)Oc1ccc(C(=O)Oc2cc3c(=O)oc(-c4cc(Cl)c(OC(=O)c5ccc(OC(=O)OCCCCOC(=O)C=C)cc5)c(Cl)c4)nc3cc2C)cc1. The number of rotatable bonds is 19. The second-order valence-corrected chi connectivity index (χ2v) is 13.9. The molecule has 0 atom stereocenters. The summed E-state index contributed by atoms with van der Waals surface area (Å²) in [4.78, 5) is 89.7. The molecule has 0 unspecified atom stereocenters. The summed E-state index contributed by atoms with van der Waals surface area (Å²) in [6.45, 7) is 8.60. The van der Waals surface area contributed by atoms with Gasteiger partial charge in [0.2, 0.25) is 5.89 Å². The van der Waals surface area contributed by atoms with Crippen LogP contribution >= 0.6 is 23.2 Å². The lowest BCUT2D eigenvalue weighted by atomic mass is 10.1. The number of benzene rings is 4. The highest BCUT2D eigenvalue weighted by molar-refractivity contribution is 6.37. The van der Waals surface area contributed by atoms with Gasteiger partial charge in [-0.2, -0.15) is 0 Å².